The Labute approximate surface area is 138 Å². The third kappa shape index (κ3) is 3.15. The highest BCUT2D eigenvalue weighted by Crippen LogP contribution is 2.28. The van der Waals surface area contributed by atoms with Gasteiger partial charge in [0.25, 0.3) is 11.6 Å². The molecule has 118 valence electrons. The van der Waals surface area contributed by atoms with E-state index < -0.39 is 4.92 Å². The van der Waals surface area contributed by atoms with Crippen LogP contribution < -0.4 is 4.90 Å². The maximum atomic E-state index is 13.0. The monoisotopic (exact) mass is 317 g/mol. The Bertz CT molecular complexity index is 847. The van der Waals surface area contributed by atoms with Gasteiger partial charge in [0, 0.05) is 29.1 Å². The number of nitro groups is 1. The van der Waals surface area contributed by atoms with Crippen molar-refractivity contribution in [1.29, 1.82) is 0 Å². The molecule has 0 heterocycles. The summed E-state index contributed by atoms with van der Waals surface area (Å²) in [4.78, 5) is 24.9. The van der Waals surface area contributed by atoms with Crippen molar-refractivity contribution < 1.29 is 9.72 Å². The fraction of sp³-hybridized carbons (Fsp3) is 0. The smallest absolute Gasteiger partial charge is 0.269 e. The molecular weight excluding hydrogens is 303 g/mol. The first-order chi connectivity index (χ1) is 11.7. The topological polar surface area (TPSA) is 63.5 Å². The van der Waals surface area contributed by atoms with Gasteiger partial charge < -0.3 is 0 Å². The predicted molar refractivity (Wildman–Crippen MR) is 92.4 cm³/mol. The van der Waals surface area contributed by atoms with Crippen LogP contribution in [-0.2, 0) is 0 Å². The van der Waals surface area contributed by atoms with Crippen LogP contribution in [-0.4, -0.2) is 10.8 Å². The molecule has 3 rings (SSSR count). The normalized spacial score (nSPS) is 10.2. The van der Waals surface area contributed by atoms with E-state index >= 15 is 0 Å². The number of hydrogen-bond donors (Lipinski definition) is 0. The predicted octanol–water partition coefficient (Wildman–Crippen LogP) is 4.57. The average Bonchev–Trinajstić information content (AvgIpc) is 2.64. The molecule has 0 aliphatic carbocycles. The summed E-state index contributed by atoms with van der Waals surface area (Å²) in [6.07, 6.45) is 0. The summed E-state index contributed by atoms with van der Waals surface area (Å²) >= 11 is 0. The summed E-state index contributed by atoms with van der Waals surface area (Å²) in [6, 6.07) is 24.0. The summed E-state index contributed by atoms with van der Waals surface area (Å²) in [5, 5.41) is 10.8. The summed E-state index contributed by atoms with van der Waals surface area (Å²) in [6.45, 7) is 0. The second kappa shape index (κ2) is 6.75. The van der Waals surface area contributed by atoms with Gasteiger partial charge in [0.15, 0.2) is 0 Å². The zero-order chi connectivity index (χ0) is 16.9. The Morgan fingerprint density at radius 2 is 1.25 bits per heavy atom. The van der Waals surface area contributed by atoms with E-state index in [-0.39, 0.29) is 11.6 Å². The van der Waals surface area contributed by atoms with E-state index in [9.17, 15) is 14.9 Å². The molecule has 1 amide bonds. The lowest BCUT2D eigenvalue weighted by Crippen LogP contribution is -2.25. The van der Waals surface area contributed by atoms with Crippen molar-refractivity contribution in [3.63, 3.8) is 0 Å². The average molecular weight is 317 g/mol. The van der Waals surface area contributed by atoms with Gasteiger partial charge in [-0.2, -0.15) is 0 Å². The zero-order valence-electron chi connectivity index (χ0n) is 12.7. The Balaban J connectivity index is 2.06. The molecule has 24 heavy (non-hydrogen) atoms. The second-order valence-electron chi connectivity index (χ2n) is 5.12. The van der Waals surface area contributed by atoms with Gasteiger partial charge in [0.1, 0.15) is 0 Å². The summed E-state index contributed by atoms with van der Waals surface area (Å²) < 4.78 is 0. The van der Waals surface area contributed by atoms with Gasteiger partial charge in [-0.1, -0.05) is 36.4 Å². The van der Waals surface area contributed by atoms with Crippen LogP contribution >= 0.6 is 0 Å². The molecule has 5 heteroatoms. The lowest BCUT2D eigenvalue weighted by molar-refractivity contribution is -0.384. The van der Waals surface area contributed by atoms with Crippen molar-refractivity contribution in [2.45, 2.75) is 0 Å². The molecule has 0 radical (unpaired) electrons. The number of carbonyl (C=O) groups is 1. The molecular formula is C19H14N2O3. The molecule has 0 aromatic heterocycles. The van der Waals surface area contributed by atoms with Crippen molar-refractivity contribution in [2.75, 3.05) is 4.90 Å². The van der Waals surface area contributed by atoms with Crippen LogP contribution in [0, 0.1) is 10.1 Å². The number of anilines is 2. The van der Waals surface area contributed by atoms with Crippen LogP contribution in [0.4, 0.5) is 17.1 Å². The fourth-order valence-corrected chi connectivity index (χ4v) is 2.39. The van der Waals surface area contributed by atoms with Crippen LogP contribution in [0.15, 0.2) is 84.9 Å². The number of benzene rings is 3. The molecule has 0 saturated carbocycles. The minimum atomic E-state index is -0.463. The fourth-order valence-electron chi connectivity index (χ4n) is 2.39. The minimum Gasteiger partial charge on any atom is -0.277 e. The first-order valence-corrected chi connectivity index (χ1v) is 7.36. The number of hydrogen-bond acceptors (Lipinski definition) is 3. The molecule has 0 aliphatic heterocycles. The first kappa shape index (κ1) is 15.4. The number of nitrogens with zero attached hydrogens (tertiary/aromatic N) is 2. The van der Waals surface area contributed by atoms with Crippen molar-refractivity contribution in [3.8, 4) is 0 Å². The van der Waals surface area contributed by atoms with Gasteiger partial charge in [0.2, 0.25) is 0 Å². The Morgan fingerprint density at radius 1 is 0.750 bits per heavy atom. The Hall–Kier alpha value is -3.47. The van der Waals surface area contributed by atoms with Crippen LogP contribution in [0.5, 0.6) is 0 Å². The standard InChI is InChI=1S/C19H14N2O3/c22-19(15-7-3-1-4-8-15)20(16-9-5-2-6-10-16)17-11-13-18(14-12-17)21(23)24/h1-14H/i19-1. The molecule has 0 atom stereocenters. The third-order valence-corrected chi connectivity index (χ3v) is 3.56. The molecule has 0 aliphatic rings. The molecule has 3 aromatic carbocycles. The van der Waals surface area contributed by atoms with Gasteiger partial charge in [-0.25, -0.2) is 0 Å². The lowest BCUT2D eigenvalue weighted by atomic mass is 9.85. The Kier molecular flexibility index (Phi) is 4.34. The van der Waals surface area contributed by atoms with Crippen molar-refractivity contribution in [2.24, 2.45) is 0 Å². The minimum absolute atomic E-state index is 0.0149. The molecule has 0 bridgehead atoms. The number of carbonyl (C=O) groups excluding carboxylic acids is 1. The molecule has 0 N–H and O–H groups in total. The van der Waals surface area contributed by atoms with Gasteiger partial charge >= 0.3 is 0 Å². The summed E-state index contributed by atoms with van der Waals surface area (Å²) in [7, 11) is 0. The van der Waals surface area contributed by atoms with Gasteiger partial charge in [0.05, 0.1) is 4.92 Å². The molecule has 3 aromatic rings. The molecule has 0 saturated heterocycles. The number of nitro benzene ring substituents is 1. The lowest BCUT2D eigenvalue weighted by Gasteiger charge is -2.23. The van der Waals surface area contributed by atoms with E-state index in [1.807, 2.05) is 36.4 Å². The van der Waals surface area contributed by atoms with E-state index in [1.54, 1.807) is 41.3 Å². The van der Waals surface area contributed by atoms with Crippen molar-refractivity contribution in [1.82, 2.24) is 0 Å². The summed E-state index contributed by atoms with van der Waals surface area (Å²) in [5.74, 6) is -0.198. The third-order valence-electron chi connectivity index (χ3n) is 3.56. The van der Waals surface area contributed by atoms with E-state index in [1.165, 1.54) is 12.1 Å². The van der Waals surface area contributed by atoms with Crippen molar-refractivity contribution >= 4 is 23.0 Å². The molecule has 0 fully saturated rings. The maximum Gasteiger partial charge on any atom is 0.269 e. The largest absolute Gasteiger partial charge is 0.277 e. The number of amides is 1. The highest BCUT2D eigenvalue weighted by molar-refractivity contribution is 6.10. The van der Waals surface area contributed by atoms with Crippen LogP contribution in [0.3, 0.4) is 0 Å². The van der Waals surface area contributed by atoms with Crippen LogP contribution in [0.25, 0.3) is 0 Å². The zero-order valence-corrected chi connectivity index (χ0v) is 12.7. The van der Waals surface area contributed by atoms with E-state index in [0.717, 1.165) is 0 Å². The maximum absolute atomic E-state index is 13.0. The van der Waals surface area contributed by atoms with Crippen LogP contribution in [0.2, 0.25) is 0 Å². The van der Waals surface area contributed by atoms with Gasteiger partial charge in [-0.15, -0.1) is 0 Å². The highest BCUT2D eigenvalue weighted by atomic mass is 16.6. The van der Waals surface area contributed by atoms with E-state index in [2.05, 4.69) is 0 Å². The highest BCUT2D eigenvalue weighted by Gasteiger charge is 2.20. The quantitative estimate of drug-likeness (QED) is 0.523. The van der Waals surface area contributed by atoms with Gasteiger partial charge in [-0.3, -0.25) is 19.8 Å². The first-order valence-electron chi connectivity index (χ1n) is 7.36. The molecule has 0 unspecified atom stereocenters. The summed E-state index contributed by atoms with van der Waals surface area (Å²) in [5.41, 5.74) is 1.79. The Morgan fingerprint density at radius 3 is 1.79 bits per heavy atom. The molecule has 5 nitrogen and oxygen atoms in total. The van der Waals surface area contributed by atoms with E-state index in [0.29, 0.717) is 16.9 Å². The number of para-hydroxylation sites is 1. The SMILES string of the molecule is O=[11C](c1ccccc1)N(c1ccccc1)c1ccc([N+](=O)[O-])cc1. The van der Waals surface area contributed by atoms with Crippen molar-refractivity contribution in [3.05, 3.63) is 101 Å². The number of rotatable bonds is 4. The molecule has 0 spiro atoms. The van der Waals surface area contributed by atoms with Crippen LogP contribution in [0.1, 0.15) is 10.4 Å². The van der Waals surface area contributed by atoms with E-state index in [4.69, 9.17) is 0 Å². The second-order valence-corrected chi connectivity index (χ2v) is 5.12. The number of non-ortho nitro benzene ring substituents is 1. The van der Waals surface area contributed by atoms with Gasteiger partial charge in [-0.05, 0) is 36.4 Å².